The number of hydrazone groups is 1. The molecule has 1 N–H and O–H groups in total. The Morgan fingerprint density at radius 3 is 1.95 bits per heavy atom. The third-order valence-electron chi connectivity index (χ3n) is 7.86. The van der Waals surface area contributed by atoms with E-state index in [1.165, 1.54) is 9.91 Å². The molecule has 2 aromatic carbocycles. The highest BCUT2D eigenvalue weighted by Crippen LogP contribution is 2.51. The number of halogens is 2. The molecule has 0 fully saturated rings. The molecule has 312 valence electrons. The van der Waals surface area contributed by atoms with E-state index in [0.717, 1.165) is 41.8 Å². The molecular formula is C39H56F2N4O10S. The number of benzene rings is 2. The molecule has 0 saturated carbocycles. The van der Waals surface area contributed by atoms with Gasteiger partial charge in [-0.15, -0.1) is 0 Å². The van der Waals surface area contributed by atoms with E-state index in [4.69, 9.17) is 33.2 Å². The van der Waals surface area contributed by atoms with E-state index in [-0.39, 0.29) is 30.3 Å². The minimum absolute atomic E-state index is 0.0602. The van der Waals surface area contributed by atoms with Crippen LogP contribution in [0.1, 0.15) is 51.2 Å². The lowest BCUT2D eigenvalue weighted by molar-refractivity contribution is -0.109. The van der Waals surface area contributed by atoms with Crippen LogP contribution in [-0.4, -0.2) is 138 Å². The zero-order valence-electron chi connectivity index (χ0n) is 32.8. The van der Waals surface area contributed by atoms with Crippen LogP contribution in [0.25, 0.3) is 0 Å². The van der Waals surface area contributed by atoms with Crippen LogP contribution in [0, 0.1) is 11.6 Å². The smallest absolute Gasteiger partial charge is 0.407 e. The molecule has 17 heteroatoms. The third kappa shape index (κ3) is 16.8. The third-order valence-corrected chi connectivity index (χ3v) is 9.31. The van der Waals surface area contributed by atoms with Crippen molar-refractivity contribution in [3.63, 3.8) is 0 Å². The molecule has 0 saturated heterocycles. The van der Waals surface area contributed by atoms with Gasteiger partial charge in [-0.3, -0.25) is 0 Å². The molecule has 0 radical (unpaired) electrons. The maximum atomic E-state index is 15.1. The van der Waals surface area contributed by atoms with E-state index in [0.29, 0.717) is 91.9 Å². The molecule has 0 bridgehead atoms. The number of likely N-dealkylation sites (N-methyl/N-ethyl adjacent to an activating group) is 1. The number of hydrogen-bond acceptors (Lipinski definition) is 12. The first kappa shape index (κ1) is 46.7. The molecule has 1 atom stereocenters. The van der Waals surface area contributed by atoms with Gasteiger partial charge in [-0.2, -0.15) is 10.1 Å². The van der Waals surface area contributed by atoms with Crippen molar-refractivity contribution >= 4 is 35.2 Å². The van der Waals surface area contributed by atoms with E-state index in [2.05, 4.69) is 10.4 Å². The quantitative estimate of drug-likeness (QED) is 0.0893. The molecule has 0 aliphatic carbocycles. The number of thioether (sulfide) groups is 1. The van der Waals surface area contributed by atoms with Crippen LogP contribution in [0.5, 0.6) is 0 Å². The molecular weight excluding hydrogens is 755 g/mol. The Kier molecular flexibility index (Phi) is 21.3. The van der Waals surface area contributed by atoms with Crippen LogP contribution in [0.4, 0.5) is 18.4 Å². The molecule has 1 aliphatic heterocycles. The fourth-order valence-corrected chi connectivity index (χ4v) is 6.58. The Bertz CT molecular complexity index is 1500. The lowest BCUT2D eigenvalue weighted by Crippen LogP contribution is -2.48. The molecule has 56 heavy (non-hydrogen) atoms. The van der Waals surface area contributed by atoms with E-state index in [1.54, 1.807) is 27.8 Å². The van der Waals surface area contributed by atoms with Crippen molar-refractivity contribution in [2.24, 2.45) is 5.10 Å². The zero-order valence-corrected chi connectivity index (χ0v) is 33.6. The monoisotopic (exact) mass is 810 g/mol. The molecule has 1 heterocycles. The van der Waals surface area contributed by atoms with Gasteiger partial charge in [0.15, 0.2) is 0 Å². The van der Waals surface area contributed by atoms with Gasteiger partial charge in [0.2, 0.25) is 0 Å². The van der Waals surface area contributed by atoms with Gasteiger partial charge in [0, 0.05) is 32.1 Å². The zero-order chi connectivity index (χ0) is 40.7. The Morgan fingerprint density at radius 2 is 1.39 bits per heavy atom. The second-order valence-corrected chi connectivity index (χ2v) is 14.7. The summed E-state index contributed by atoms with van der Waals surface area (Å²) in [6.45, 7) is 10.4. The van der Waals surface area contributed by atoms with Gasteiger partial charge >= 0.3 is 12.1 Å². The summed E-state index contributed by atoms with van der Waals surface area (Å²) in [6.07, 6.45) is 1.34. The molecule has 0 unspecified atom stereocenters. The van der Waals surface area contributed by atoms with E-state index in [9.17, 15) is 18.8 Å². The lowest BCUT2D eigenvalue weighted by Gasteiger charge is -2.37. The highest BCUT2D eigenvalue weighted by molar-refractivity contribution is 8.15. The van der Waals surface area contributed by atoms with Gasteiger partial charge in [0.25, 0.3) is 0 Å². The number of aldehydes is 1. The van der Waals surface area contributed by atoms with Gasteiger partial charge in [0.1, 0.15) is 33.4 Å². The number of alkyl carbamates (subject to hydrolysis) is 1. The topological polar surface area (TPSA) is 147 Å². The van der Waals surface area contributed by atoms with Crippen LogP contribution in [0.15, 0.2) is 53.6 Å². The van der Waals surface area contributed by atoms with Crippen LogP contribution >= 0.6 is 11.8 Å². The molecule has 0 aromatic heterocycles. The standard InChI is InChI=1S/C39H56F2N4O10S/c1-38(2,3)55-36(47)42-15-8-14-39(31-10-6-5-7-11-31)45(43-35(56-39)33-30-32(40)12-13-34(33)41)37(48)44(4)16-19-50-21-23-52-25-27-54-29-28-53-26-24-51-22-20-49-18-9-17-46/h5-7,10-13,17,30H,8-9,14-16,18-29H2,1-4H3,(H,42,47)/t39-/m0/s1. The molecule has 3 amide bonds. The van der Waals surface area contributed by atoms with Crippen LogP contribution in [0.3, 0.4) is 0 Å². The van der Waals surface area contributed by atoms with E-state index >= 15 is 4.39 Å². The number of nitrogens with zero attached hydrogens (tertiary/aromatic N) is 3. The predicted molar refractivity (Wildman–Crippen MR) is 208 cm³/mol. The molecule has 0 spiro atoms. The van der Waals surface area contributed by atoms with Crippen LogP contribution < -0.4 is 5.32 Å². The second-order valence-electron chi connectivity index (χ2n) is 13.5. The average molecular weight is 811 g/mol. The summed E-state index contributed by atoms with van der Waals surface area (Å²) in [4.78, 5) is 37.0. The number of nitrogens with one attached hydrogen (secondary N) is 1. The first-order valence-corrected chi connectivity index (χ1v) is 19.5. The molecule has 14 nitrogen and oxygen atoms in total. The molecule has 1 aliphatic rings. The van der Waals surface area contributed by atoms with Gasteiger partial charge in [0.05, 0.1) is 79.3 Å². The van der Waals surface area contributed by atoms with Crippen molar-refractivity contribution in [3.05, 3.63) is 71.3 Å². The maximum Gasteiger partial charge on any atom is 0.407 e. The average Bonchev–Trinajstić information content (AvgIpc) is 3.56. The SMILES string of the molecule is CN(CCOCCOCCOCCOCCOCCOCCC=O)C(=O)N1N=C(c2cc(F)ccc2F)S[C@@]1(CCCNC(=O)OC(C)(C)C)c1ccccc1. The minimum Gasteiger partial charge on any atom is -0.444 e. The summed E-state index contributed by atoms with van der Waals surface area (Å²) < 4.78 is 67.6. The van der Waals surface area contributed by atoms with Gasteiger partial charge in [-0.05, 0) is 57.4 Å². The van der Waals surface area contributed by atoms with Gasteiger partial charge in [-0.1, -0.05) is 42.1 Å². The number of ether oxygens (including phenoxy) is 7. The van der Waals surface area contributed by atoms with Crippen molar-refractivity contribution in [1.29, 1.82) is 0 Å². The van der Waals surface area contributed by atoms with Crippen LogP contribution in [0.2, 0.25) is 0 Å². The number of carbonyl (C=O) groups is 3. The Morgan fingerprint density at radius 1 is 0.839 bits per heavy atom. The summed E-state index contributed by atoms with van der Waals surface area (Å²) in [7, 11) is 1.62. The Balaban J connectivity index is 1.47. The number of carbonyl (C=O) groups excluding carboxylic acids is 3. The fraction of sp³-hybridized carbons (Fsp3) is 0.590. The normalized spacial score (nSPS) is 15.5. The van der Waals surface area contributed by atoms with E-state index < -0.39 is 34.2 Å². The van der Waals surface area contributed by atoms with Crippen molar-refractivity contribution in [2.45, 2.75) is 50.5 Å². The summed E-state index contributed by atoms with van der Waals surface area (Å²) >= 11 is 1.16. The van der Waals surface area contributed by atoms with Crippen molar-refractivity contribution in [1.82, 2.24) is 15.2 Å². The number of amides is 3. The summed E-state index contributed by atoms with van der Waals surface area (Å²) in [6, 6.07) is 11.9. The number of urea groups is 1. The largest absolute Gasteiger partial charge is 0.444 e. The lowest BCUT2D eigenvalue weighted by atomic mass is 10.0. The Hall–Kier alpha value is -3.71. The summed E-state index contributed by atoms with van der Waals surface area (Å²) in [5.74, 6) is -1.31. The molecule has 2 aromatic rings. The van der Waals surface area contributed by atoms with Crippen molar-refractivity contribution in [2.75, 3.05) is 99.4 Å². The first-order valence-electron chi connectivity index (χ1n) is 18.7. The predicted octanol–water partition coefficient (Wildman–Crippen LogP) is 5.57. The highest BCUT2D eigenvalue weighted by atomic mass is 32.2. The minimum atomic E-state index is -1.15. The number of hydrogen-bond donors (Lipinski definition) is 1. The second kappa shape index (κ2) is 25.5. The molecule has 3 rings (SSSR count). The van der Waals surface area contributed by atoms with Gasteiger partial charge in [-0.25, -0.2) is 18.4 Å². The van der Waals surface area contributed by atoms with Gasteiger partial charge < -0.3 is 48.2 Å². The summed E-state index contributed by atoms with van der Waals surface area (Å²) in [5, 5.41) is 8.83. The number of rotatable bonds is 27. The Labute approximate surface area is 332 Å². The van der Waals surface area contributed by atoms with E-state index in [1.807, 2.05) is 30.3 Å². The fourth-order valence-electron chi connectivity index (χ4n) is 5.17. The van der Waals surface area contributed by atoms with Crippen molar-refractivity contribution in [3.8, 4) is 0 Å². The van der Waals surface area contributed by atoms with Crippen LogP contribution in [-0.2, 0) is 42.8 Å². The maximum absolute atomic E-state index is 15.1. The first-order chi connectivity index (χ1) is 27.0. The van der Waals surface area contributed by atoms with Crippen molar-refractivity contribution < 1.29 is 56.3 Å². The summed E-state index contributed by atoms with van der Waals surface area (Å²) in [5.41, 5.74) is -0.00491. The highest BCUT2D eigenvalue weighted by Gasteiger charge is 2.49.